The van der Waals surface area contributed by atoms with Crippen LogP contribution in [0, 0.1) is 0 Å². The van der Waals surface area contributed by atoms with Gasteiger partial charge in [-0.15, -0.1) is 0 Å². The van der Waals surface area contributed by atoms with Crippen molar-refractivity contribution in [2.24, 2.45) is 0 Å². The molecule has 0 unspecified atom stereocenters. The van der Waals surface area contributed by atoms with E-state index in [2.05, 4.69) is 30.6 Å². The molecule has 0 saturated carbocycles. The summed E-state index contributed by atoms with van der Waals surface area (Å²) >= 11 is 3.36. The second kappa shape index (κ2) is 4.41. The molecule has 0 radical (unpaired) electrons. The van der Waals surface area contributed by atoms with E-state index in [-0.39, 0.29) is 0 Å². The van der Waals surface area contributed by atoms with Crippen LogP contribution in [0.4, 0.5) is 0 Å². The molecule has 0 aliphatic carbocycles. The Balaban J connectivity index is 1.78. The second-order valence-corrected chi connectivity index (χ2v) is 3.99. The van der Waals surface area contributed by atoms with Crippen molar-refractivity contribution in [3.8, 4) is 0 Å². The maximum atomic E-state index is 4.18. The van der Waals surface area contributed by atoms with Gasteiger partial charge in [0.05, 0.1) is 17.0 Å². The van der Waals surface area contributed by atoms with Crippen LogP contribution in [0.15, 0.2) is 35.6 Å². The first-order chi connectivity index (χ1) is 6.84. The van der Waals surface area contributed by atoms with Crippen molar-refractivity contribution < 1.29 is 0 Å². The van der Waals surface area contributed by atoms with Gasteiger partial charge in [-0.05, 0) is 22.4 Å². The maximum Gasteiger partial charge on any atom is 0.0945 e. The molecule has 5 heteroatoms. The van der Waals surface area contributed by atoms with Crippen molar-refractivity contribution in [2.75, 3.05) is 0 Å². The Labute approximate surface area is 90.7 Å². The Morgan fingerprint density at radius 2 is 2.29 bits per heavy atom. The van der Waals surface area contributed by atoms with Crippen LogP contribution in [-0.2, 0) is 13.1 Å². The van der Waals surface area contributed by atoms with Gasteiger partial charge < -0.3 is 4.57 Å². The van der Waals surface area contributed by atoms with Crippen LogP contribution >= 0.6 is 15.9 Å². The van der Waals surface area contributed by atoms with Gasteiger partial charge in [0, 0.05) is 31.7 Å². The van der Waals surface area contributed by atoms with Crippen molar-refractivity contribution in [2.45, 2.75) is 19.5 Å². The zero-order chi connectivity index (χ0) is 9.80. The van der Waals surface area contributed by atoms with Gasteiger partial charge in [0.1, 0.15) is 0 Å². The van der Waals surface area contributed by atoms with E-state index in [9.17, 15) is 0 Å². The summed E-state index contributed by atoms with van der Waals surface area (Å²) in [4.78, 5) is 3.98. The van der Waals surface area contributed by atoms with Crippen LogP contribution in [0.5, 0.6) is 0 Å². The van der Waals surface area contributed by atoms with E-state index in [1.807, 2.05) is 23.4 Å². The summed E-state index contributed by atoms with van der Waals surface area (Å²) in [5.74, 6) is 0. The van der Waals surface area contributed by atoms with Crippen LogP contribution in [0.1, 0.15) is 6.42 Å². The smallest absolute Gasteiger partial charge is 0.0945 e. The molecule has 0 aliphatic heterocycles. The number of hydrogen-bond donors (Lipinski definition) is 0. The third kappa shape index (κ3) is 2.45. The lowest BCUT2D eigenvalue weighted by molar-refractivity contribution is 0.526. The lowest BCUT2D eigenvalue weighted by Gasteiger charge is -2.02. The first-order valence-electron chi connectivity index (χ1n) is 4.48. The second-order valence-electron chi connectivity index (χ2n) is 3.08. The Bertz CT molecular complexity index is 379. The minimum Gasteiger partial charge on any atom is -0.337 e. The number of aryl methyl sites for hydroxylation is 2. The monoisotopic (exact) mass is 254 g/mol. The van der Waals surface area contributed by atoms with Gasteiger partial charge in [0.2, 0.25) is 0 Å². The molecule has 2 heterocycles. The first-order valence-corrected chi connectivity index (χ1v) is 5.27. The molecule has 0 aromatic carbocycles. The molecule has 0 spiro atoms. The van der Waals surface area contributed by atoms with Crippen molar-refractivity contribution in [1.29, 1.82) is 0 Å². The highest BCUT2D eigenvalue weighted by atomic mass is 79.9. The molecule has 0 bridgehead atoms. The SMILES string of the molecule is Brc1cnn(CCCn2ccnc2)c1. The van der Waals surface area contributed by atoms with Gasteiger partial charge in [-0.3, -0.25) is 4.68 Å². The van der Waals surface area contributed by atoms with Crippen LogP contribution in [-0.4, -0.2) is 19.3 Å². The molecule has 2 rings (SSSR count). The number of rotatable bonds is 4. The number of aromatic nitrogens is 4. The molecule has 0 fully saturated rings. The van der Waals surface area contributed by atoms with E-state index in [1.165, 1.54) is 0 Å². The number of hydrogen-bond acceptors (Lipinski definition) is 2. The summed E-state index contributed by atoms with van der Waals surface area (Å²) in [5, 5.41) is 4.18. The van der Waals surface area contributed by atoms with E-state index in [1.54, 1.807) is 12.4 Å². The topological polar surface area (TPSA) is 35.6 Å². The normalized spacial score (nSPS) is 10.6. The predicted molar refractivity (Wildman–Crippen MR) is 56.8 cm³/mol. The molecule has 74 valence electrons. The standard InChI is InChI=1S/C9H11BrN4/c10-9-6-12-14(7-9)4-1-3-13-5-2-11-8-13/h2,5-8H,1,3-4H2. The van der Waals surface area contributed by atoms with E-state index in [4.69, 9.17) is 0 Å². The van der Waals surface area contributed by atoms with E-state index in [0.29, 0.717) is 0 Å². The highest BCUT2D eigenvalue weighted by molar-refractivity contribution is 9.10. The molecule has 4 nitrogen and oxygen atoms in total. The molecule has 0 aliphatic rings. The van der Waals surface area contributed by atoms with Crippen LogP contribution in [0.2, 0.25) is 0 Å². The molecule has 14 heavy (non-hydrogen) atoms. The number of halogens is 1. The summed E-state index contributed by atoms with van der Waals surface area (Å²) in [6, 6.07) is 0. The first kappa shape index (κ1) is 9.45. The Morgan fingerprint density at radius 3 is 2.93 bits per heavy atom. The summed E-state index contributed by atoms with van der Waals surface area (Å²) in [5.41, 5.74) is 0. The molecular formula is C9H11BrN4. The highest BCUT2D eigenvalue weighted by Crippen LogP contribution is 2.06. The zero-order valence-corrected chi connectivity index (χ0v) is 9.26. The summed E-state index contributed by atoms with van der Waals surface area (Å²) < 4.78 is 5.03. The average Bonchev–Trinajstić information content (AvgIpc) is 2.77. The van der Waals surface area contributed by atoms with Crippen molar-refractivity contribution in [1.82, 2.24) is 19.3 Å². The largest absolute Gasteiger partial charge is 0.337 e. The quantitative estimate of drug-likeness (QED) is 0.836. The minimum absolute atomic E-state index is 0.934. The Morgan fingerprint density at radius 1 is 1.36 bits per heavy atom. The number of nitrogens with zero attached hydrogens (tertiary/aromatic N) is 4. The Hall–Kier alpha value is -1.10. The molecule has 2 aromatic heterocycles. The van der Waals surface area contributed by atoms with E-state index < -0.39 is 0 Å². The third-order valence-corrected chi connectivity index (χ3v) is 2.37. The van der Waals surface area contributed by atoms with Crippen molar-refractivity contribution in [3.63, 3.8) is 0 Å². The average molecular weight is 255 g/mol. The molecule has 2 aromatic rings. The fourth-order valence-corrected chi connectivity index (χ4v) is 1.62. The van der Waals surface area contributed by atoms with Crippen LogP contribution in [0.3, 0.4) is 0 Å². The molecular weight excluding hydrogens is 244 g/mol. The molecule has 0 amide bonds. The summed E-state index contributed by atoms with van der Waals surface area (Å²) in [7, 11) is 0. The van der Waals surface area contributed by atoms with Gasteiger partial charge in [0.25, 0.3) is 0 Å². The van der Waals surface area contributed by atoms with Crippen LogP contribution < -0.4 is 0 Å². The van der Waals surface area contributed by atoms with Gasteiger partial charge in [-0.1, -0.05) is 0 Å². The minimum atomic E-state index is 0.934. The zero-order valence-electron chi connectivity index (χ0n) is 7.67. The van der Waals surface area contributed by atoms with Crippen molar-refractivity contribution >= 4 is 15.9 Å². The highest BCUT2D eigenvalue weighted by Gasteiger charge is 1.95. The summed E-state index contributed by atoms with van der Waals surface area (Å²) in [6.45, 7) is 1.92. The van der Waals surface area contributed by atoms with Gasteiger partial charge in [-0.2, -0.15) is 5.10 Å². The maximum absolute atomic E-state index is 4.18. The van der Waals surface area contributed by atoms with E-state index in [0.717, 1.165) is 24.0 Å². The molecule has 0 saturated heterocycles. The predicted octanol–water partition coefficient (Wildman–Crippen LogP) is 1.93. The van der Waals surface area contributed by atoms with Gasteiger partial charge in [0.15, 0.2) is 0 Å². The van der Waals surface area contributed by atoms with Crippen LogP contribution in [0.25, 0.3) is 0 Å². The lowest BCUT2D eigenvalue weighted by atomic mass is 10.4. The molecule has 0 N–H and O–H groups in total. The lowest BCUT2D eigenvalue weighted by Crippen LogP contribution is -2.02. The fraction of sp³-hybridized carbons (Fsp3) is 0.333. The Kier molecular flexibility index (Phi) is 2.98. The van der Waals surface area contributed by atoms with Crippen molar-refractivity contribution in [3.05, 3.63) is 35.6 Å². The van der Waals surface area contributed by atoms with Gasteiger partial charge in [-0.25, -0.2) is 4.98 Å². The van der Waals surface area contributed by atoms with Gasteiger partial charge >= 0.3 is 0 Å². The fourth-order valence-electron chi connectivity index (χ4n) is 1.29. The molecule has 0 atom stereocenters. The van der Waals surface area contributed by atoms with E-state index >= 15 is 0 Å². The number of imidazole rings is 1. The summed E-state index contributed by atoms with van der Waals surface area (Å²) in [6.07, 6.45) is 10.4. The third-order valence-electron chi connectivity index (χ3n) is 1.96.